The number of halogens is 1. The quantitative estimate of drug-likeness (QED) is 0.193. The van der Waals surface area contributed by atoms with Gasteiger partial charge in [-0.15, -0.1) is 0 Å². The van der Waals surface area contributed by atoms with Gasteiger partial charge in [0, 0.05) is 11.4 Å². The molecule has 2 amide bonds. The first-order chi connectivity index (χ1) is 16.9. The van der Waals surface area contributed by atoms with Gasteiger partial charge >= 0.3 is 5.97 Å². The van der Waals surface area contributed by atoms with Crippen molar-refractivity contribution in [3.8, 4) is 5.75 Å². The number of anilines is 3. The van der Waals surface area contributed by atoms with Crippen molar-refractivity contribution in [2.75, 3.05) is 16.0 Å². The van der Waals surface area contributed by atoms with Gasteiger partial charge in [0.25, 0.3) is 11.8 Å². The molecule has 3 aromatic carbocycles. The average Bonchev–Trinajstić information content (AvgIpc) is 3.08. The molecule has 0 atom stereocenters. The van der Waals surface area contributed by atoms with E-state index in [0.29, 0.717) is 28.4 Å². The van der Waals surface area contributed by atoms with Crippen LogP contribution in [0.2, 0.25) is 0 Å². The number of nitrogens with two attached hydrogens (primary N) is 1. The Bertz CT molecular complexity index is 1280. The lowest BCUT2D eigenvalue weighted by Gasteiger charge is -2.15. The van der Waals surface area contributed by atoms with Gasteiger partial charge in [-0.05, 0) is 79.1 Å². The normalized spacial score (nSPS) is 13.4. The lowest BCUT2D eigenvalue weighted by atomic mass is 10.1. The summed E-state index contributed by atoms with van der Waals surface area (Å²) in [6.07, 6.45) is 3.10. The molecule has 0 saturated heterocycles. The van der Waals surface area contributed by atoms with Gasteiger partial charge in [0.05, 0.1) is 11.3 Å². The summed E-state index contributed by atoms with van der Waals surface area (Å²) in [4.78, 5) is 39.1. The van der Waals surface area contributed by atoms with Crippen molar-refractivity contribution in [1.29, 1.82) is 0 Å². The smallest absolute Gasteiger partial charge is 0.343 e. The first kappa shape index (κ1) is 24.0. The number of esters is 1. The molecule has 0 aliphatic carbocycles. The Hall–Kier alpha value is -4.10. The number of ether oxygens (including phenoxy) is 1. The van der Waals surface area contributed by atoms with Crippen molar-refractivity contribution in [3.05, 3.63) is 94.7 Å². The van der Waals surface area contributed by atoms with E-state index in [1.165, 1.54) is 0 Å². The fourth-order valence-corrected chi connectivity index (χ4v) is 3.79. The number of benzene rings is 3. The maximum absolute atomic E-state index is 13.0. The van der Waals surface area contributed by atoms with Crippen LogP contribution in [-0.4, -0.2) is 17.8 Å². The highest BCUT2D eigenvalue weighted by Crippen LogP contribution is 2.30. The molecule has 3 aromatic rings. The number of unbranched alkanes of at least 4 members (excludes halogenated alkanes) is 1. The Morgan fingerprint density at radius 1 is 0.943 bits per heavy atom. The zero-order valence-corrected chi connectivity index (χ0v) is 19.8. The molecule has 0 aromatic heterocycles. The number of nitrogen functional groups attached to an aromatic ring is 1. The standard InChI is InChI=1S/C27H24ClN3O4/c1-2-3-4-17-5-13-21(14-6-17)31-25(32)23(28)24(26(31)33)30-20-11-7-18(8-12-20)27(34)35-22-15-9-19(29)10-16-22/h5-16,30H,2-4,29H2,1H3. The highest BCUT2D eigenvalue weighted by atomic mass is 35.5. The number of nitrogens with zero attached hydrogens (tertiary/aromatic N) is 1. The summed E-state index contributed by atoms with van der Waals surface area (Å²) in [5, 5.41) is 2.70. The number of hydrogen-bond acceptors (Lipinski definition) is 6. The number of amides is 2. The summed E-state index contributed by atoms with van der Waals surface area (Å²) < 4.78 is 5.32. The van der Waals surface area contributed by atoms with Crippen molar-refractivity contribution in [2.45, 2.75) is 26.2 Å². The lowest BCUT2D eigenvalue weighted by Crippen LogP contribution is -2.32. The fourth-order valence-electron chi connectivity index (χ4n) is 3.57. The van der Waals surface area contributed by atoms with Gasteiger partial charge in [-0.2, -0.15) is 0 Å². The average molecular weight is 490 g/mol. The van der Waals surface area contributed by atoms with Gasteiger partial charge in [0.1, 0.15) is 16.5 Å². The second-order valence-corrected chi connectivity index (χ2v) is 8.44. The monoisotopic (exact) mass is 489 g/mol. The molecule has 0 bridgehead atoms. The number of aryl methyl sites for hydroxylation is 1. The molecular formula is C27H24ClN3O4. The van der Waals surface area contributed by atoms with E-state index in [4.69, 9.17) is 22.1 Å². The third-order valence-electron chi connectivity index (χ3n) is 5.52. The molecule has 0 saturated carbocycles. The Balaban J connectivity index is 1.44. The van der Waals surface area contributed by atoms with Crippen LogP contribution in [0, 0.1) is 0 Å². The molecular weight excluding hydrogens is 466 g/mol. The Morgan fingerprint density at radius 3 is 2.23 bits per heavy atom. The number of rotatable bonds is 8. The molecule has 7 nitrogen and oxygen atoms in total. The zero-order chi connectivity index (χ0) is 24.9. The second kappa shape index (κ2) is 10.4. The predicted octanol–water partition coefficient (Wildman–Crippen LogP) is 5.27. The highest BCUT2D eigenvalue weighted by Gasteiger charge is 2.38. The molecule has 1 aliphatic rings. The van der Waals surface area contributed by atoms with Gasteiger partial charge in [-0.25, -0.2) is 9.69 Å². The maximum atomic E-state index is 13.0. The molecule has 0 spiro atoms. The molecule has 3 N–H and O–H groups in total. The number of carbonyl (C=O) groups is 3. The fraction of sp³-hybridized carbons (Fsp3) is 0.148. The number of imide groups is 1. The van der Waals surface area contributed by atoms with Crippen LogP contribution < -0.4 is 20.7 Å². The maximum Gasteiger partial charge on any atom is 0.343 e. The van der Waals surface area contributed by atoms with Crippen molar-refractivity contribution >= 4 is 46.4 Å². The van der Waals surface area contributed by atoms with E-state index in [1.54, 1.807) is 60.7 Å². The summed E-state index contributed by atoms with van der Waals surface area (Å²) in [5.41, 5.74) is 8.57. The van der Waals surface area contributed by atoms with Crippen molar-refractivity contribution in [1.82, 2.24) is 0 Å². The third-order valence-corrected chi connectivity index (χ3v) is 5.87. The summed E-state index contributed by atoms with van der Waals surface area (Å²) >= 11 is 6.22. The molecule has 35 heavy (non-hydrogen) atoms. The molecule has 4 rings (SSSR count). The van der Waals surface area contributed by atoms with Crippen LogP contribution in [0.25, 0.3) is 0 Å². The Labute approximate surface area is 208 Å². The van der Waals surface area contributed by atoms with Crippen molar-refractivity contribution < 1.29 is 19.1 Å². The van der Waals surface area contributed by atoms with E-state index < -0.39 is 17.8 Å². The summed E-state index contributed by atoms with van der Waals surface area (Å²) in [6, 6.07) is 20.1. The SMILES string of the molecule is CCCCc1ccc(N2C(=O)C(Cl)=C(Nc3ccc(C(=O)Oc4ccc(N)cc4)cc3)C2=O)cc1. The highest BCUT2D eigenvalue weighted by molar-refractivity contribution is 6.53. The third kappa shape index (κ3) is 5.36. The molecule has 1 heterocycles. The molecule has 8 heteroatoms. The summed E-state index contributed by atoms with van der Waals surface area (Å²) in [5.74, 6) is -1.31. The van der Waals surface area contributed by atoms with E-state index in [2.05, 4.69) is 12.2 Å². The minimum absolute atomic E-state index is 0.0241. The predicted molar refractivity (Wildman–Crippen MR) is 136 cm³/mol. The van der Waals surface area contributed by atoms with Crippen LogP contribution in [0.15, 0.2) is 83.5 Å². The van der Waals surface area contributed by atoms with Crippen LogP contribution in [0.3, 0.4) is 0 Å². The van der Waals surface area contributed by atoms with Gasteiger partial charge < -0.3 is 15.8 Å². The first-order valence-corrected chi connectivity index (χ1v) is 11.6. The summed E-state index contributed by atoms with van der Waals surface area (Å²) in [7, 11) is 0. The summed E-state index contributed by atoms with van der Waals surface area (Å²) in [6.45, 7) is 2.12. The van der Waals surface area contributed by atoms with Crippen LogP contribution in [-0.2, 0) is 16.0 Å². The first-order valence-electron chi connectivity index (χ1n) is 11.2. The Kier molecular flexibility index (Phi) is 7.17. The molecule has 0 fully saturated rings. The van der Waals surface area contributed by atoms with Crippen LogP contribution in [0.5, 0.6) is 5.75 Å². The van der Waals surface area contributed by atoms with E-state index >= 15 is 0 Å². The topological polar surface area (TPSA) is 102 Å². The number of hydrogen-bond donors (Lipinski definition) is 2. The molecule has 0 unspecified atom stereocenters. The second-order valence-electron chi connectivity index (χ2n) is 8.07. The molecule has 0 radical (unpaired) electrons. The van der Waals surface area contributed by atoms with E-state index in [1.807, 2.05) is 12.1 Å². The number of nitrogens with one attached hydrogen (secondary N) is 1. The van der Waals surface area contributed by atoms with Gasteiger partial charge in [0.15, 0.2) is 0 Å². The van der Waals surface area contributed by atoms with E-state index in [9.17, 15) is 14.4 Å². The van der Waals surface area contributed by atoms with Crippen molar-refractivity contribution in [2.24, 2.45) is 0 Å². The Morgan fingerprint density at radius 2 is 1.60 bits per heavy atom. The van der Waals surface area contributed by atoms with Crippen LogP contribution >= 0.6 is 11.6 Å². The van der Waals surface area contributed by atoms with Gasteiger partial charge in [-0.1, -0.05) is 37.1 Å². The van der Waals surface area contributed by atoms with Crippen LogP contribution in [0.4, 0.5) is 17.1 Å². The van der Waals surface area contributed by atoms with Crippen molar-refractivity contribution in [3.63, 3.8) is 0 Å². The van der Waals surface area contributed by atoms with Crippen LogP contribution in [0.1, 0.15) is 35.7 Å². The lowest BCUT2D eigenvalue weighted by molar-refractivity contribution is -0.120. The van der Waals surface area contributed by atoms with E-state index in [-0.39, 0.29) is 10.7 Å². The van der Waals surface area contributed by atoms with E-state index in [0.717, 1.165) is 29.7 Å². The molecule has 178 valence electrons. The molecule has 1 aliphatic heterocycles. The minimum atomic E-state index is -0.593. The number of carbonyl (C=O) groups excluding carboxylic acids is 3. The van der Waals surface area contributed by atoms with Gasteiger partial charge in [0.2, 0.25) is 0 Å². The zero-order valence-electron chi connectivity index (χ0n) is 19.1. The minimum Gasteiger partial charge on any atom is -0.423 e. The largest absolute Gasteiger partial charge is 0.423 e. The van der Waals surface area contributed by atoms with Gasteiger partial charge in [-0.3, -0.25) is 9.59 Å².